The van der Waals surface area contributed by atoms with E-state index in [1.807, 2.05) is 0 Å². The molecule has 0 bridgehead atoms. The Kier molecular flexibility index (Phi) is 6.40. The number of benzene rings is 2. The van der Waals surface area contributed by atoms with Gasteiger partial charge in [0.05, 0.1) is 16.3 Å². The van der Waals surface area contributed by atoms with Gasteiger partial charge in [0.25, 0.3) is 5.91 Å². The summed E-state index contributed by atoms with van der Waals surface area (Å²) in [6.07, 6.45) is 3.39. The highest BCUT2D eigenvalue weighted by Crippen LogP contribution is 2.28. The number of esters is 1. The molecule has 10 heteroatoms. The van der Waals surface area contributed by atoms with Crippen LogP contribution >= 0.6 is 11.6 Å². The van der Waals surface area contributed by atoms with Crippen molar-refractivity contribution in [1.29, 1.82) is 0 Å². The Morgan fingerprint density at radius 2 is 1.93 bits per heavy atom. The Morgan fingerprint density at radius 1 is 1.17 bits per heavy atom. The summed E-state index contributed by atoms with van der Waals surface area (Å²) in [5.41, 5.74) is 1.27. The zero-order valence-corrected chi connectivity index (χ0v) is 15.5. The van der Waals surface area contributed by atoms with Gasteiger partial charge in [-0.25, -0.2) is 9.48 Å². The molecule has 150 valence electrons. The molecule has 1 aromatic heterocycles. The summed E-state index contributed by atoms with van der Waals surface area (Å²) < 4.78 is 35.2. The summed E-state index contributed by atoms with van der Waals surface area (Å²) in [6, 6.07) is 12.0. The van der Waals surface area contributed by atoms with Gasteiger partial charge >= 0.3 is 12.6 Å². The minimum absolute atomic E-state index is 0.0997. The largest absolute Gasteiger partial charge is 0.452 e. The van der Waals surface area contributed by atoms with Crippen LogP contribution in [0.15, 0.2) is 60.9 Å². The first-order chi connectivity index (χ1) is 13.9. The molecule has 0 aliphatic rings. The summed E-state index contributed by atoms with van der Waals surface area (Å²) in [7, 11) is 0. The van der Waals surface area contributed by atoms with E-state index in [2.05, 4.69) is 15.2 Å². The van der Waals surface area contributed by atoms with Crippen molar-refractivity contribution in [3.05, 3.63) is 71.5 Å². The topological polar surface area (TPSA) is 82.5 Å². The van der Waals surface area contributed by atoms with Gasteiger partial charge in [0.1, 0.15) is 5.75 Å². The monoisotopic (exact) mass is 421 g/mol. The van der Waals surface area contributed by atoms with Crippen LogP contribution in [0.1, 0.15) is 10.4 Å². The van der Waals surface area contributed by atoms with Crippen LogP contribution in [0.4, 0.5) is 14.5 Å². The van der Waals surface area contributed by atoms with E-state index in [0.717, 1.165) is 5.69 Å². The van der Waals surface area contributed by atoms with Crippen molar-refractivity contribution in [1.82, 2.24) is 9.78 Å². The molecule has 7 nitrogen and oxygen atoms in total. The molecule has 0 aliphatic carbocycles. The summed E-state index contributed by atoms with van der Waals surface area (Å²) >= 11 is 5.81. The van der Waals surface area contributed by atoms with Crippen LogP contribution in [0, 0.1) is 0 Å². The Hall–Kier alpha value is -3.46. The van der Waals surface area contributed by atoms with Gasteiger partial charge in [-0.2, -0.15) is 13.9 Å². The van der Waals surface area contributed by atoms with E-state index in [1.54, 1.807) is 47.4 Å². The fourth-order valence-electron chi connectivity index (χ4n) is 2.35. The minimum atomic E-state index is -3.01. The molecule has 2 aromatic carbocycles. The highest BCUT2D eigenvalue weighted by Gasteiger charge is 2.13. The van der Waals surface area contributed by atoms with E-state index in [9.17, 15) is 18.4 Å². The van der Waals surface area contributed by atoms with E-state index in [1.165, 1.54) is 18.2 Å². The zero-order chi connectivity index (χ0) is 20.8. The van der Waals surface area contributed by atoms with Crippen LogP contribution in [-0.2, 0) is 9.53 Å². The van der Waals surface area contributed by atoms with Gasteiger partial charge in [0.15, 0.2) is 6.61 Å². The second kappa shape index (κ2) is 9.16. The Balaban J connectivity index is 1.52. The lowest BCUT2D eigenvalue weighted by atomic mass is 10.2. The summed E-state index contributed by atoms with van der Waals surface area (Å²) in [5.74, 6) is -1.51. The third-order valence-electron chi connectivity index (χ3n) is 3.64. The van der Waals surface area contributed by atoms with Crippen molar-refractivity contribution >= 4 is 29.2 Å². The summed E-state index contributed by atoms with van der Waals surface area (Å²) in [5, 5.41) is 6.42. The smallest absolute Gasteiger partial charge is 0.387 e. The lowest BCUT2D eigenvalue weighted by Gasteiger charge is -2.10. The standard InChI is InChI=1S/C19H14ClF2N3O4/c20-15-10-13(4-7-16(15)29-19(21)22)24-17(26)11-28-18(27)12-2-5-14(6-3-12)25-9-1-8-23-25/h1-10,19H,11H2,(H,24,26). The van der Waals surface area contributed by atoms with Gasteiger partial charge in [-0.1, -0.05) is 11.6 Å². The minimum Gasteiger partial charge on any atom is -0.452 e. The third-order valence-corrected chi connectivity index (χ3v) is 3.93. The number of carbonyl (C=O) groups is 2. The van der Waals surface area contributed by atoms with Gasteiger partial charge < -0.3 is 14.8 Å². The van der Waals surface area contributed by atoms with Crippen molar-refractivity contribution in [2.45, 2.75) is 6.61 Å². The molecule has 1 heterocycles. The van der Waals surface area contributed by atoms with E-state index in [4.69, 9.17) is 16.3 Å². The van der Waals surface area contributed by atoms with E-state index in [-0.39, 0.29) is 22.0 Å². The highest BCUT2D eigenvalue weighted by atomic mass is 35.5. The number of halogens is 3. The number of aromatic nitrogens is 2. The number of hydrogen-bond acceptors (Lipinski definition) is 5. The maximum absolute atomic E-state index is 12.2. The maximum atomic E-state index is 12.2. The molecule has 0 atom stereocenters. The molecule has 3 rings (SSSR count). The lowest BCUT2D eigenvalue weighted by molar-refractivity contribution is -0.119. The highest BCUT2D eigenvalue weighted by molar-refractivity contribution is 6.32. The summed E-state index contributed by atoms with van der Waals surface area (Å²) in [6.45, 7) is -3.55. The van der Waals surface area contributed by atoms with E-state index < -0.39 is 25.1 Å². The van der Waals surface area contributed by atoms with Gasteiger partial charge in [0.2, 0.25) is 0 Å². The molecule has 0 saturated heterocycles. The molecule has 0 fully saturated rings. The number of anilines is 1. The Bertz CT molecular complexity index is 995. The summed E-state index contributed by atoms with van der Waals surface area (Å²) in [4.78, 5) is 24.0. The number of nitrogens with one attached hydrogen (secondary N) is 1. The molecule has 29 heavy (non-hydrogen) atoms. The van der Waals surface area contributed by atoms with Crippen LogP contribution in [0.3, 0.4) is 0 Å². The molecule has 0 saturated carbocycles. The van der Waals surface area contributed by atoms with Crippen LogP contribution in [-0.4, -0.2) is 34.9 Å². The zero-order valence-electron chi connectivity index (χ0n) is 14.7. The molecular formula is C19H14ClF2N3O4. The number of hydrogen-bond donors (Lipinski definition) is 1. The van der Waals surface area contributed by atoms with Crippen molar-refractivity contribution in [2.75, 3.05) is 11.9 Å². The average Bonchev–Trinajstić information content (AvgIpc) is 3.23. The molecule has 0 spiro atoms. The first-order valence-corrected chi connectivity index (χ1v) is 8.61. The van der Waals surface area contributed by atoms with Crippen molar-refractivity contribution < 1.29 is 27.8 Å². The first-order valence-electron chi connectivity index (χ1n) is 8.24. The van der Waals surface area contributed by atoms with E-state index in [0.29, 0.717) is 0 Å². The lowest BCUT2D eigenvalue weighted by Crippen LogP contribution is -2.21. The number of alkyl halides is 2. The number of carbonyl (C=O) groups excluding carboxylic acids is 2. The van der Waals surface area contributed by atoms with Gasteiger partial charge in [-0.05, 0) is 48.5 Å². The second-order valence-electron chi connectivity index (χ2n) is 5.65. The average molecular weight is 422 g/mol. The second-order valence-corrected chi connectivity index (χ2v) is 6.05. The van der Waals surface area contributed by atoms with Gasteiger partial charge in [0, 0.05) is 18.1 Å². The molecule has 0 radical (unpaired) electrons. The van der Waals surface area contributed by atoms with Gasteiger partial charge in [-0.15, -0.1) is 0 Å². The Labute approximate surface area is 168 Å². The van der Waals surface area contributed by atoms with E-state index >= 15 is 0 Å². The third kappa shape index (κ3) is 5.52. The maximum Gasteiger partial charge on any atom is 0.387 e. The fourth-order valence-corrected chi connectivity index (χ4v) is 2.58. The number of nitrogens with zero attached hydrogens (tertiary/aromatic N) is 2. The first kappa shape index (κ1) is 20.3. The molecule has 1 N–H and O–H groups in total. The molecule has 3 aromatic rings. The predicted octanol–water partition coefficient (Wildman–Crippen LogP) is 3.92. The quantitative estimate of drug-likeness (QED) is 0.585. The normalized spacial score (nSPS) is 10.6. The predicted molar refractivity (Wildman–Crippen MR) is 101 cm³/mol. The number of ether oxygens (including phenoxy) is 2. The van der Waals surface area contributed by atoms with Crippen LogP contribution < -0.4 is 10.1 Å². The van der Waals surface area contributed by atoms with Crippen molar-refractivity contribution in [3.8, 4) is 11.4 Å². The van der Waals surface area contributed by atoms with Crippen LogP contribution in [0.5, 0.6) is 5.75 Å². The fraction of sp³-hybridized carbons (Fsp3) is 0.105. The number of amides is 1. The molecule has 1 amide bonds. The molecular weight excluding hydrogens is 408 g/mol. The SMILES string of the molecule is O=C(COC(=O)c1ccc(-n2cccn2)cc1)Nc1ccc(OC(F)F)c(Cl)c1. The van der Waals surface area contributed by atoms with Crippen LogP contribution in [0.2, 0.25) is 5.02 Å². The van der Waals surface area contributed by atoms with Gasteiger partial charge in [-0.3, -0.25) is 4.79 Å². The van der Waals surface area contributed by atoms with Crippen molar-refractivity contribution in [3.63, 3.8) is 0 Å². The molecule has 0 aliphatic heterocycles. The van der Waals surface area contributed by atoms with Crippen molar-refractivity contribution in [2.24, 2.45) is 0 Å². The number of rotatable bonds is 7. The van der Waals surface area contributed by atoms with Crippen LogP contribution in [0.25, 0.3) is 5.69 Å². The Morgan fingerprint density at radius 3 is 2.55 bits per heavy atom. The molecule has 0 unspecified atom stereocenters.